The second-order valence-corrected chi connectivity index (χ2v) is 16.9. The summed E-state index contributed by atoms with van der Waals surface area (Å²) in [5.41, 5.74) is 22.9. The van der Waals surface area contributed by atoms with E-state index in [2.05, 4.69) is 232 Å². The summed E-state index contributed by atoms with van der Waals surface area (Å²) in [5.74, 6) is 0. The van der Waals surface area contributed by atoms with Crippen LogP contribution >= 0.6 is 0 Å². The molecule has 0 saturated carbocycles. The van der Waals surface area contributed by atoms with Crippen LogP contribution in [0, 0.1) is 13.8 Å². The average molecular weight is 787 g/mol. The van der Waals surface area contributed by atoms with Gasteiger partial charge in [-0.15, -0.1) is 0 Å². The minimum atomic E-state index is 1.22. The molecule has 0 spiro atoms. The van der Waals surface area contributed by atoms with Gasteiger partial charge in [0.1, 0.15) is 0 Å². The van der Waals surface area contributed by atoms with Gasteiger partial charge in [0.25, 0.3) is 0 Å². The summed E-state index contributed by atoms with van der Waals surface area (Å²) in [6.45, 7) is 4.44. The Morgan fingerprint density at radius 3 is 1.23 bits per heavy atom. The van der Waals surface area contributed by atoms with Crippen molar-refractivity contribution in [1.82, 2.24) is 0 Å². The molecule has 0 nitrogen and oxygen atoms in total. The number of benzene rings is 11. The van der Waals surface area contributed by atoms with Gasteiger partial charge in [-0.3, -0.25) is 0 Å². The smallest absolute Gasteiger partial charge is 0.000741 e. The molecule has 290 valence electrons. The van der Waals surface area contributed by atoms with E-state index in [0.717, 1.165) is 0 Å². The maximum Gasteiger partial charge on any atom is -0.000741 e. The second-order valence-electron chi connectivity index (χ2n) is 16.9. The third-order valence-electron chi connectivity index (χ3n) is 13.3. The summed E-state index contributed by atoms with van der Waals surface area (Å²) < 4.78 is 0. The minimum absolute atomic E-state index is 1.22. The van der Waals surface area contributed by atoms with Gasteiger partial charge in [0, 0.05) is 0 Å². The quantitative estimate of drug-likeness (QED) is 0.157. The summed E-state index contributed by atoms with van der Waals surface area (Å²) in [5, 5.41) is 7.66. The molecule has 0 radical (unpaired) electrons. The molecule has 0 saturated heterocycles. The molecule has 62 heavy (non-hydrogen) atoms. The lowest BCUT2D eigenvalue weighted by Gasteiger charge is -2.20. The molecule has 0 heterocycles. The summed E-state index contributed by atoms with van der Waals surface area (Å²) >= 11 is 0. The Morgan fingerprint density at radius 2 is 0.645 bits per heavy atom. The average Bonchev–Trinajstić information content (AvgIpc) is 3.66. The Morgan fingerprint density at radius 1 is 0.226 bits per heavy atom. The monoisotopic (exact) mass is 786 g/mol. The van der Waals surface area contributed by atoms with Crippen molar-refractivity contribution < 1.29 is 0 Å². The van der Waals surface area contributed by atoms with Gasteiger partial charge >= 0.3 is 0 Å². The number of rotatable bonds is 6. The van der Waals surface area contributed by atoms with Crippen LogP contribution in [0.1, 0.15) is 11.1 Å². The van der Waals surface area contributed by atoms with Crippen molar-refractivity contribution in [3.63, 3.8) is 0 Å². The summed E-state index contributed by atoms with van der Waals surface area (Å²) in [4.78, 5) is 0. The van der Waals surface area contributed by atoms with E-state index in [0.29, 0.717) is 0 Å². The van der Waals surface area contributed by atoms with Crippen LogP contribution in [0.15, 0.2) is 218 Å². The number of hydrogen-bond donors (Lipinski definition) is 0. The van der Waals surface area contributed by atoms with Crippen molar-refractivity contribution in [2.24, 2.45) is 0 Å². The zero-order chi connectivity index (χ0) is 41.3. The molecule has 11 aromatic carbocycles. The topological polar surface area (TPSA) is 0 Å². The molecule has 0 aromatic heterocycles. The highest BCUT2D eigenvalue weighted by molar-refractivity contribution is 6.28. The Labute approximate surface area is 363 Å². The fraction of sp³-hybridized carbons (Fsp3) is 0.0323. The Kier molecular flexibility index (Phi) is 8.40. The summed E-state index contributed by atoms with van der Waals surface area (Å²) in [6, 6.07) is 81.0. The van der Waals surface area contributed by atoms with Gasteiger partial charge in [-0.05, 0) is 171 Å². The van der Waals surface area contributed by atoms with E-state index in [9.17, 15) is 0 Å². The molecular weight excluding hydrogens is 745 g/mol. The van der Waals surface area contributed by atoms with E-state index in [1.807, 2.05) is 0 Å². The molecule has 0 fully saturated rings. The van der Waals surface area contributed by atoms with Crippen LogP contribution in [-0.4, -0.2) is 0 Å². The SMILES string of the molecule is Cc1ccc(-c2ccccc2)cc1-c1cc(-c2ccc3cc(-c4ccc5c6c(cccc46)-c4c-5c(-c5ccccc5)c5ccccc5c4-c4ccccc4)ccc3c2)ccc1C. The first kappa shape index (κ1) is 36.1. The lowest BCUT2D eigenvalue weighted by atomic mass is 9.82. The maximum atomic E-state index is 2.39. The molecule has 0 amide bonds. The lowest BCUT2D eigenvalue weighted by molar-refractivity contribution is 1.40. The van der Waals surface area contributed by atoms with Crippen LogP contribution in [0.3, 0.4) is 0 Å². The summed E-state index contributed by atoms with van der Waals surface area (Å²) in [6.07, 6.45) is 0. The lowest BCUT2D eigenvalue weighted by Crippen LogP contribution is -1.93. The van der Waals surface area contributed by atoms with Crippen molar-refractivity contribution in [3.05, 3.63) is 230 Å². The molecule has 11 aromatic rings. The highest BCUT2D eigenvalue weighted by Crippen LogP contribution is 2.58. The van der Waals surface area contributed by atoms with Crippen LogP contribution in [0.2, 0.25) is 0 Å². The molecule has 0 atom stereocenters. The van der Waals surface area contributed by atoms with E-state index in [1.165, 1.54) is 132 Å². The van der Waals surface area contributed by atoms with Gasteiger partial charge in [0.05, 0.1) is 0 Å². The first-order valence-corrected chi connectivity index (χ1v) is 21.7. The maximum absolute atomic E-state index is 2.39. The molecule has 12 rings (SSSR count). The van der Waals surface area contributed by atoms with Gasteiger partial charge in [0.15, 0.2) is 0 Å². The molecule has 1 aliphatic rings. The molecule has 0 N–H and O–H groups in total. The third-order valence-corrected chi connectivity index (χ3v) is 13.3. The molecule has 0 heteroatoms. The Bertz CT molecular complexity index is 3470. The van der Waals surface area contributed by atoms with E-state index >= 15 is 0 Å². The summed E-state index contributed by atoms with van der Waals surface area (Å²) in [7, 11) is 0. The van der Waals surface area contributed by atoms with Gasteiger partial charge in [-0.1, -0.05) is 194 Å². The van der Waals surface area contributed by atoms with E-state index in [1.54, 1.807) is 0 Å². The van der Waals surface area contributed by atoms with E-state index < -0.39 is 0 Å². The Hall–Kier alpha value is -7.80. The van der Waals surface area contributed by atoms with Gasteiger partial charge < -0.3 is 0 Å². The van der Waals surface area contributed by atoms with Crippen molar-refractivity contribution in [3.8, 4) is 89.0 Å². The predicted molar refractivity (Wildman–Crippen MR) is 265 cm³/mol. The van der Waals surface area contributed by atoms with Crippen molar-refractivity contribution >= 4 is 32.3 Å². The standard InChI is InChI=1S/C62H42/c1-39-25-27-47(41-15-6-3-7-16-41)37-56(39)57-38-48(28-26-40(57)2)45-29-30-46-36-49(32-31-44(46)35-45)50-33-34-55-60-51(50)23-14-24-54(60)61-58(42-17-8-4-9-18-42)52-21-12-13-22-53(52)59(62(55)61)43-19-10-5-11-20-43/h3-38H,1-2H3. The van der Waals surface area contributed by atoms with E-state index in [4.69, 9.17) is 0 Å². The normalized spacial score (nSPS) is 11.7. The Balaban J connectivity index is 0.977. The predicted octanol–water partition coefficient (Wildman–Crippen LogP) is 17.4. The zero-order valence-electron chi connectivity index (χ0n) is 34.8. The minimum Gasteiger partial charge on any atom is -0.0622 e. The first-order chi connectivity index (χ1) is 30.6. The first-order valence-electron chi connectivity index (χ1n) is 21.7. The molecular formula is C62H42. The van der Waals surface area contributed by atoms with Crippen LogP contribution in [0.5, 0.6) is 0 Å². The number of fused-ring (bicyclic) bond motifs is 5. The van der Waals surface area contributed by atoms with Gasteiger partial charge in [0.2, 0.25) is 0 Å². The highest BCUT2D eigenvalue weighted by Gasteiger charge is 2.31. The van der Waals surface area contributed by atoms with Crippen LogP contribution in [-0.2, 0) is 0 Å². The van der Waals surface area contributed by atoms with Gasteiger partial charge in [-0.25, -0.2) is 0 Å². The third kappa shape index (κ3) is 5.75. The number of hydrogen-bond acceptors (Lipinski definition) is 0. The van der Waals surface area contributed by atoms with Crippen LogP contribution in [0.25, 0.3) is 121 Å². The fourth-order valence-electron chi connectivity index (χ4n) is 10.3. The molecule has 0 bridgehead atoms. The van der Waals surface area contributed by atoms with Crippen LogP contribution < -0.4 is 0 Å². The van der Waals surface area contributed by atoms with E-state index in [-0.39, 0.29) is 0 Å². The largest absolute Gasteiger partial charge is 0.0622 e. The zero-order valence-corrected chi connectivity index (χ0v) is 34.8. The van der Waals surface area contributed by atoms with Gasteiger partial charge in [-0.2, -0.15) is 0 Å². The van der Waals surface area contributed by atoms with Crippen molar-refractivity contribution in [2.45, 2.75) is 13.8 Å². The fourth-order valence-corrected chi connectivity index (χ4v) is 10.3. The highest BCUT2D eigenvalue weighted by atomic mass is 14.3. The molecule has 0 unspecified atom stereocenters. The van der Waals surface area contributed by atoms with Crippen LogP contribution in [0.4, 0.5) is 0 Å². The molecule has 1 aliphatic carbocycles. The van der Waals surface area contributed by atoms with Crippen molar-refractivity contribution in [1.29, 1.82) is 0 Å². The molecule has 0 aliphatic heterocycles. The second kappa shape index (κ2) is 14.4. The number of aryl methyl sites for hydroxylation is 2. The van der Waals surface area contributed by atoms with Crippen molar-refractivity contribution in [2.75, 3.05) is 0 Å².